The van der Waals surface area contributed by atoms with Gasteiger partial charge < -0.3 is 9.47 Å². The molecule has 1 saturated heterocycles. The molecule has 1 amide bonds. The van der Waals surface area contributed by atoms with Crippen LogP contribution in [0.1, 0.15) is 39.2 Å². The summed E-state index contributed by atoms with van der Waals surface area (Å²) >= 11 is 0. The predicted molar refractivity (Wildman–Crippen MR) is 125 cm³/mol. The molecule has 6 heteroatoms. The van der Waals surface area contributed by atoms with Crippen molar-refractivity contribution in [3.63, 3.8) is 0 Å². The monoisotopic (exact) mass is 433 g/mol. The van der Waals surface area contributed by atoms with Gasteiger partial charge in [0.15, 0.2) is 0 Å². The summed E-state index contributed by atoms with van der Waals surface area (Å²) in [5.41, 5.74) is 5.08. The van der Waals surface area contributed by atoms with E-state index in [1.807, 2.05) is 80.4 Å². The number of rotatable bonds is 7. The van der Waals surface area contributed by atoms with Crippen LogP contribution < -0.4 is 10.2 Å². The zero-order valence-electron chi connectivity index (χ0n) is 19.0. The molecule has 6 nitrogen and oxygen atoms in total. The summed E-state index contributed by atoms with van der Waals surface area (Å²) in [5, 5.41) is 10.9. The van der Waals surface area contributed by atoms with Crippen molar-refractivity contribution in [1.82, 2.24) is 10.4 Å². The van der Waals surface area contributed by atoms with Crippen molar-refractivity contribution < 1.29 is 14.3 Å². The predicted octanol–water partition coefficient (Wildman–Crippen LogP) is 5.31. The Hall–Kier alpha value is -3.30. The second-order valence-corrected chi connectivity index (χ2v) is 9.07. The second-order valence-electron chi connectivity index (χ2n) is 9.07. The number of hydrogen-bond acceptors (Lipinski definition) is 5. The van der Waals surface area contributed by atoms with Gasteiger partial charge in [-0.2, -0.15) is 5.26 Å². The van der Waals surface area contributed by atoms with Gasteiger partial charge in [-0.1, -0.05) is 30.3 Å². The highest BCUT2D eigenvalue weighted by Gasteiger charge is 2.34. The number of nitrogens with one attached hydrogen (secondary N) is 1. The molecule has 0 bridgehead atoms. The average Bonchev–Trinajstić information content (AvgIpc) is 3.12. The van der Waals surface area contributed by atoms with Gasteiger partial charge in [-0.3, -0.25) is 5.43 Å². The van der Waals surface area contributed by atoms with Crippen LogP contribution in [-0.2, 0) is 4.74 Å². The largest absolute Gasteiger partial charge is 0.492 e. The molecular weight excluding hydrogens is 402 g/mol. The Balaban J connectivity index is 1.60. The third kappa shape index (κ3) is 6.60. The van der Waals surface area contributed by atoms with Crippen molar-refractivity contribution in [3.05, 3.63) is 66.7 Å². The van der Waals surface area contributed by atoms with Crippen LogP contribution in [0.2, 0.25) is 0 Å². The van der Waals surface area contributed by atoms with Gasteiger partial charge in [0.1, 0.15) is 18.0 Å². The van der Waals surface area contributed by atoms with Gasteiger partial charge in [0, 0.05) is 6.54 Å². The van der Waals surface area contributed by atoms with E-state index < -0.39 is 11.7 Å². The minimum absolute atomic E-state index is 0.0469. The molecule has 32 heavy (non-hydrogen) atoms. The molecule has 0 aliphatic carbocycles. The lowest BCUT2D eigenvalue weighted by Gasteiger charge is -2.27. The topological polar surface area (TPSA) is 74.6 Å². The molecule has 168 valence electrons. The molecule has 0 radical (unpaired) electrons. The summed E-state index contributed by atoms with van der Waals surface area (Å²) in [6.07, 6.45) is 3.27. The summed E-state index contributed by atoms with van der Waals surface area (Å²) in [6.45, 7) is 10.6. The Kier molecular flexibility index (Phi) is 7.55. The van der Waals surface area contributed by atoms with Crippen LogP contribution in [0.3, 0.4) is 0 Å². The average molecular weight is 434 g/mol. The summed E-state index contributed by atoms with van der Waals surface area (Å²) in [6, 6.07) is 17.6. The van der Waals surface area contributed by atoms with Crippen LogP contribution in [-0.4, -0.2) is 35.9 Å². The van der Waals surface area contributed by atoms with Crippen LogP contribution in [0, 0.1) is 17.2 Å². The number of amides is 1. The fourth-order valence-electron chi connectivity index (χ4n) is 3.81. The van der Waals surface area contributed by atoms with E-state index in [1.165, 1.54) is 0 Å². The molecule has 1 aliphatic rings. The fourth-order valence-corrected chi connectivity index (χ4v) is 3.81. The van der Waals surface area contributed by atoms with Crippen LogP contribution >= 0.6 is 0 Å². The molecule has 2 aromatic rings. The fraction of sp³-hybridized carbons (Fsp3) is 0.385. The Morgan fingerprint density at radius 2 is 1.81 bits per heavy atom. The van der Waals surface area contributed by atoms with Gasteiger partial charge in [0.05, 0.1) is 17.7 Å². The molecule has 2 aromatic carbocycles. The first-order valence-corrected chi connectivity index (χ1v) is 10.9. The number of allylic oxidation sites excluding steroid dienone is 1. The maximum absolute atomic E-state index is 12.3. The first-order valence-electron chi connectivity index (χ1n) is 10.9. The minimum atomic E-state index is -0.549. The maximum Gasteiger partial charge on any atom is 0.422 e. The first-order chi connectivity index (χ1) is 15.3. The Labute approximate surface area is 190 Å². The van der Waals surface area contributed by atoms with Crippen LogP contribution in [0.15, 0.2) is 61.2 Å². The van der Waals surface area contributed by atoms with E-state index in [2.05, 4.69) is 18.1 Å². The van der Waals surface area contributed by atoms with Crippen molar-refractivity contribution in [1.29, 1.82) is 5.26 Å². The number of hydrogen-bond donors (Lipinski definition) is 1. The Morgan fingerprint density at radius 1 is 1.19 bits per heavy atom. The summed E-state index contributed by atoms with van der Waals surface area (Å²) < 4.78 is 11.5. The number of benzene rings is 2. The van der Waals surface area contributed by atoms with E-state index in [1.54, 1.807) is 0 Å². The molecule has 0 spiro atoms. The first kappa shape index (κ1) is 23.4. The van der Waals surface area contributed by atoms with E-state index >= 15 is 0 Å². The van der Waals surface area contributed by atoms with Crippen molar-refractivity contribution in [2.45, 2.75) is 45.3 Å². The molecule has 0 unspecified atom stereocenters. The summed E-state index contributed by atoms with van der Waals surface area (Å²) in [5.74, 6) is 1.18. The van der Waals surface area contributed by atoms with E-state index in [4.69, 9.17) is 14.7 Å². The lowest BCUT2D eigenvalue weighted by Crippen LogP contribution is -2.49. The molecule has 3 rings (SSSR count). The van der Waals surface area contributed by atoms with Gasteiger partial charge >= 0.3 is 6.09 Å². The highest BCUT2D eigenvalue weighted by molar-refractivity contribution is 5.67. The molecule has 2 atom stereocenters. The quantitative estimate of drug-likeness (QED) is 0.599. The SMILES string of the molecule is C=CC[C@@H]1C[C@@H](COc2ccc(-c3ccc(C#N)cc3)cc2)N(NC(=O)OC(C)(C)C)C1. The van der Waals surface area contributed by atoms with E-state index in [9.17, 15) is 4.79 Å². The molecular formula is C26H31N3O3. The number of carbonyl (C=O) groups is 1. The van der Waals surface area contributed by atoms with Crippen LogP contribution in [0.4, 0.5) is 4.79 Å². The Bertz CT molecular complexity index is 956. The smallest absolute Gasteiger partial charge is 0.422 e. The highest BCUT2D eigenvalue weighted by atomic mass is 16.6. The van der Waals surface area contributed by atoms with Gasteiger partial charge in [0.25, 0.3) is 0 Å². The number of carbonyl (C=O) groups excluding carboxylic acids is 1. The van der Waals surface area contributed by atoms with Crippen LogP contribution in [0.25, 0.3) is 11.1 Å². The number of ether oxygens (including phenoxy) is 2. The third-order valence-corrected chi connectivity index (χ3v) is 5.28. The van der Waals surface area contributed by atoms with Crippen molar-refractivity contribution in [2.24, 2.45) is 5.92 Å². The van der Waals surface area contributed by atoms with Crippen molar-refractivity contribution in [2.75, 3.05) is 13.2 Å². The van der Waals surface area contributed by atoms with Gasteiger partial charge in [-0.25, -0.2) is 9.80 Å². The van der Waals surface area contributed by atoms with Crippen molar-refractivity contribution in [3.8, 4) is 22.9 Å². The number of nitrogens with zero attached hydrogens (tertiary/aromatic N) is 2. The maximum atomic E-state index is 12.3. The standard InChI is InChI=1S/C26H31N3O3/c1-5-6-20-15-23(29(17-20)28-25(30)32-26(2,3)4)18-31-24-13-11-22(12-14-24)21-9-7-19(16-27)8-10-21/h5,7-14,20,23H,1,6,15,17-18H2,2-4H3,(H,28,30)/t20-,23+/m1/s1. The highest BCUT2D eigenvalue weighted by Crippen LogP contribution is 2.27. The molecule has 0 aromatic heterocycles. The number of hydrazine groups is 1. The zero-order chi connectivity index (χ0) is 23.1. The molecule has 1 N–H and O–H groups in total. The van der Waals surface area contributed by atoms with Crippen LogP contribution in [0.5, 0.6) is 5.75 Å². The lowest BCUT2D eigenvalue weighted by atomic mass is 10.0. The minimum Gasteiger partial charge on any atom is -0.492 e. The zero-order valence-corrected chi connectivity index (χ0v) is 19.0. The van der Waals surface area contributed by atoms with Gasteiger partial charge in [-0.15, -0.1) is 6.58 Å². The summed E-state index contributed by atoms with van der Waals surface area (Å²) in [7, 11) is 0. The lowest BCUT2D eigenvalue weighted by molar-refractivity contribution is 0.0266. The van der Waals surface area contributed by atoms with Gasteiger partial charge in [-0.05, 0) is 74.9 Å². The van der Waals surface area contributed by atoms with E-state index in [0.29, 0.717) is 18.1 Å². The molecule has 1 aliphatic heterocycles. The molecule has 0 saturated carbocycles. The van der Waals surface area contributed by atoms with E-state index in [-0.39, 0.29) is 6.04 Å². The molecule has 1 heterocycles. The normalized spacial score (nSPS) is 18.6. The Morgan fingerprint density at radius 3 is 2.38 bits per heavy atom. The van der Waals surface area contributed by atoms with Gasteiger partial charge in [0.2, 0.25) is 0 Å². The third-order valence-electron chi connectivity index (χ3n) is 5.28. The van der Waals surface area contributed by atoms with E-state index in [0.717, 1.165) is 36.3 Å². The second kappa shape index (κ2) is 10.3. The van der Waals surface area contributed by atoms with Crippen molar-refractivity contribution >= 4 is 6.09 Å². The summed E-state index contributed by atoms with van der Waals surface area (Å²) in [4.78, 5) is 12.3. The number of nitriles is 1. The molecule has 1 fully saturated rings.